The normalized spacial score (nSPS) is 28.0. The van der Waals surface area contributed by atoms with Crippen molar-refractivity contribution < 1.29 is 47.9 Å². The molecule has 0 aliphatic carbocycles. The molecule has 1 saturated heterocycles. The van der Waals surface area contributed by atoms with Gasteiger partial charge in [-0.15, -0.1) is 0 Å². The molecule has 0 radical (unpaired) electrons. The van der Waals surface area contributed by atoms with Crippen LogP contribution in [0.4, 0.5) is 0 Å². The Hall–Kier alpha value is -2.01. The van der Waals surface area contributed by atoms with Crippen LogP contribution in [0.2, 0.25) is 0 Å². The summed E-state index contributed by atoms with van der Waals surface area (Å²) in [6.45, 7) is 3.29. The zero-order chi connectivity index (χ0) is 20.4. The Morgan fingerprint density at radius 3 is 2.11 bits per heavy atom. The van der Waals surface area contributed by atoms with E-state index in [0.29, 0.717) is 0 Å². The fourth-order valence-electron chi connectivity index (χ4n) is 2.55. The van der Waals surface area contributed by atoms with Gasteiger partial charge in [0.05, 0.1) is 13.2 Å². The summed E-state index contributed by atoms with van der Waals surface area (Å²) >= 11 is 0. The lowest BCUT2D eigenvalue weighted by molar-refractivity contribution is -0.305. The monoisotopic (exact) mass is 390 g/mol. The molecule has 0 aromatic rings. The zero-order valence-corrected chi connectivity index (χ0v) is 15.8. The maximum atomic E-state index is 11.6. The molecule has 1 fully saturated rings. The molecule has 1 aliphatic heterocycles. The molecule has 154 valence electrons. The van der Waals surface area contributed by atoms with Crippen LogP contribution in [0, 0.1) is 0 Å². The minimum Gasteiger partial charge on any atom is -0.463 e. The van der Waals surface area contributed by atoms with Crippen molar-refractivity contribution in [3.8, 4) is 0 Å². The van der Waals surface area contributed by atoms with Crippen LogP contribution in [0.3, 0.4) is 0 Å². The van der Waals surface area contributed by atoms with Gasteiger partial charge in [-0.05, 0) is 0 Å². The maximum absolute atomic E-state index is 11.6. The third-order valence-electron chi connectivity index (χ3n) is 3.54. The predicted molar refractivity (Wildman–Crippen MR) is 89.4 cm³/mol. The van der Waals surface area contributed by atoms with Crippen molar-refractivity contribution in [3.63, 3.8) is 0 Å². The highest BCUT2D eigenvalue weighted by Crippen LogP contribution is 2.29. The van der Waals surface area contributed by atoms with E-state index < -0.39 is 48.6 Å². The Labute approximate surface area is 157 Å². The summed E-state index contributed by atoms with van der Waals surface area (Å²) in [6, 6.07) is 0. The van der Waals surface area contributed by atoms with Crippen LogP contribution in [-0.4, -0.2) is 80.7 Å². The highest BCUT2D eigenvalue weighted by Gasteiger charge is 2.51. The van der Waals surface area contributed by atoms with Crippen molar-refractivity contribution in [1.82, 2.24) is 0 Å². The Kier molecular flexibility index (Phi) is 9.94. The van der Waals surface area contributed by atoms with Crippen molar-refractivity contribution in [1.29, 1.82) is 0 Å². The Morgan fingerprint density at radius 1 is 0.963 bits per heavy atom. The minimum atomic E-state index is -1.03. The molecule has 0 bridgehead atoms. The molecular weight excluding hydrogens is 364 g/mol. The van der Waals surface area contributed by atoms with Crippen LogP contribution in [0.5, 0.6) is 0 Å². The van der Waals surface area contributed by atoms with E-state index in [1.165, 1.54) is 34.0 Å². The van der Waals surface area contributed by atoms with Gasteiger partial charge in [0.1, 0.15) is 18.8 Å². The van der Waals surface area contributed by atoms with Crippen LogP contribution >= 0.6 is 0 Å². The summed E-state index contributed by atoms with van der Waals surface area (Å²) < 4.78 is 32.2. The molecule has 1 N–H and O–H groups in total. The third-order valence-corrected chi connectivity index (χ3v) is 3.54. The molecule has 5 atom stereocenters. The SMILES string of the molecule is CO[C@@H]1O[C@H](COC(C)=O)[C@@H](OC(C)=O)[C@H](OC/C=C\CO)[C@H]1OC(C)=O. The summed E-state index contributed by atoms with van der Waals surface area (Å²) in [5, 5.41) is 8.82. The van der Waals surface area contributed by atoms with Crippen molar-refractivity contribution in [2.24, 2.45) is 0 Å². The molecule has 0 saturated carbocycles. The van der Waals surface area contributed by atoms with Crippen molar-refractivity contribution in [2.75, 3.05) is 26.9 Å². The van der Waals surface area contributed by atoms with Gasteiger partial charge >= 0.3 is 17.9 Å². The van der Waals surface area contributed by atoms with Gasteiger partial charge in [-0.3, -0.25) is 14.4 Å². The first-order valence-corrected chi connectivity index (χ1v) is 8.33. The average Bonchev–Trinajstić information content (AvgIpc) is 2.58. The second-order valence-electron chi connectivity index (χ2n) is 5.68. The van der Waals surface area contributed by atoms with E-state index in [1.807, 2.05) is 0 Å². The number of aliphatic hydroxyl groups is 1. The summed E-state index contributed by atoms with van der Waals surface area (Å²) in [5.41, 5.74) is 0. The van der Waals surface area contributed by atoms with Gasteiger partial charge in [0.15, 0.2) is 18.5 Å². The number of carbonyl (C=O) groups is 3. The minimum absolute atomic E-state index is 0.0392. The van der Waals surface area contributed by atoms with E-state index in [1.54, 1.807) is 6.08 Å². The molecule has 0 amide bonds. The van der Waals surface area contributed by atoms with Gasteiger partial charge in [-0.25, -0.2) is 0 Å². The number of methoxy groups -OCH3 is 1. The highest BCUT2D eigenvalue weighted by molar-refractivity contribution is 5.67. The average molecular weight is 390 g/mol. The van der Waals surface area contributed by atoms with Gasteiger partial charge in [-0.2, -0.15) is 0 Å². The largest absolute Gasteiger partial charge is 0.463 e. The van der Waals surface area contributed by atoms with E-state index >= 15 is 0 Å². The van der Waals surface area contributed by atoms with Crippen LogP contribution in [0.1, 0.15) is 20.8 Å². The number of aliphatic hydroxyl groups excluding tert-OH is 1. The molecule has 1 heterocycles. The summed E-state index contributed by atoms with van der Waals surface area (Å²) in [4.78, 5) is 34.2. The first-order chi connectivity index (χ1) is 12.8. The van der Waals surface area contributed by atoms with Gasteiger partial charge in [0.2, 0.25) is 0 Å². The summed E-state index contributed by atoms with van der Waals surface area (Å²) in [5.74, 6) is -1.77. The Morgan fingerprint density at radius 2 is 1.59 bits per heavy atom. The lowest BCUT2D eigenvalue weighted by Gasteiger charge is -2.44. The number of ether oxygens (including phenoxy) is 6. The van der Waals surface area contributed by atoms with Crippen LogP contribution < -0.4 is 0 Å². The Balaban J connectivity index is 3.13. The summed E-state index contributed by atoms with van der Waals surface area (Å²) in [7, 11) is 1.35. The smallest absolute Gasteiger partial charge is 0.303 e. The number of hydrogen-bond donors (Lipinski definition) is 1. The van der Waals surface area contributed by atoms with E-state index in [4.69, 9.17) is 33.5 Å². The zero-order valence-electron chi connectivity index (χ0n) is 15.8. The number of hydrogen-bond acceptors (Lipinski definition) is 10. The van der Waals surface area contributed by atoms with Gasteiger partial charge < -0.3 is 33.5 Å². The van der Waals surface area contributed by atoms with Gasteiger partial charge in [0, 0.05) is 27.9 Å². The van der Waals surface area contributed by atoms with Crippen LogP contribution in [0.25, 0.3) is 0 Å². The lowest BCUT2D eigenvalue weighted by Crippen LogP contribution is -2.62. The molecule has 10 nitrogen and oxygen atoms in total. The van der Waals surface area contributed by atoms with Crippen molar-refractivity contribution >= 4 is 17.9 Å². The quantitative estimate of drug-likeness (QED) is 0.319. The molecule has 0 unspecified atom stereocenters. The number of rotatable bonds is 9. The lowest BCUT2D eigenvalue weighted by atomic mass is 9.98. The van der Waals surface area contributed by atoms with E-state index in [-0.39, 0.29) is 19.8 Å². The van der Waals surface area contributed by atoms with E-state index in [0.717, 1.165) is 0 Å². The number of carbonyl (C=O) groups excluding carboxylic acids is 3. The maximum Gasteiger partial charge on any atom is 0.303 e. The van der Waals surface area contributed by atoms with Crippen LogP contribution in [0.15, 0.2) is 12.2 Å². The molecule has 0 spiro atoms. The second-order valence-corrected chi connectivity index (χ2v) is 5.68. The molecular formula is C17H26O10. The highest BCUT2D eigenvalue weighted by atomic mass is 16.7. The fraction of sp³-hybridized carbons (Fsp3) is 0.706. The molecule has 10 heteroatoms. The Bertz CT molecular complexity index is 532. The third kappa shape index (κ3) is 7.63. The topological polar surface area (TPSA) is 127 Å². The van der Waals surface area contributed by atoms with Gasteiger partial charge in [-0.1, -0.05) is 12.2 Å². The predicted octanol–water partition coefficient (Wildman–Crippen LogP) is -0.282. The van der Waals surface area contributed by atoms with Gasteiger partial charge in [0.25, 0.3) is 0 Å². The molecule has 0 aromatic carbocycles. The number of esters is 3. The van der Waals surface area contributed by atoms with E-state index in [2.05, 4.69) is 0 Å². The second kappa shape index (κ2) is 11.7. The summed E-state index contributed by atoms with van der Waals surface area (Å²) in [6.07, 6.45) is -1.94. The van der Waals surface area contributed by atoms with Crippen molar-refractivity contribution in [3.05, 3.63) is 12.2 Å². The van der Waals surface area contributed by atoms with E-state index in [9.17, 15) is 14.4 Å². The first kappa shape index (κ1) is 23.0. The molecule has 1 rings (SSSR count). The molecule has 1 aliphatic rings. The molecule has 27 heavy (non-hydrogen) atoms. The molecule has 0 aromatic heterocycles. The van der Waals surface area contributed by atoms with Crippen molar-refractivity contribution in [2.45, 2.75) is 51.5 Å². The fourth-order valence-corrected chi connectivity index (χ4v) is 2.55. The van der Waals surface area contributed by atoms with Crippen LogP contribution in [-0.2, 0) is 42.8 Å². The first-order valence-electron chi connectivity index (χ1n) is 8.33. The standard InChI is InChI=1S/C17H26O10/c1-10(19)24-9-13-14(25-11(2)20)15(23-8-6-5-7-18)16(26-12(3)21)17(22-4)27-13/h5-6,13-18H,7-9H2,1-4H3/b6-5-/t13-,14-,15+,16-,17-/m1/s1.